The monoisotopic (exact) mass is 313 g/mol. The third-order valence-corrected chi connectivity index (χ3v) is 4.44. The highest BCUT2D eigenvalue weighted by atomic mass is 16.5. The van der Waals surface area contributed by atoms with E-state index in [0.717, 1.165) is 48.4 Å². The Labute approximate surface area is 136 Å². The molecule has 1 saturated heterocycles. The van der Waals surface area contributed by atoms with Crippen LogP contribution in [0.15, 0.2) is 34.9 Å². The molecule has 1 aliphatic rings. The van der Waals surface area contributed by atoms with Crippen molar-refractivity contribution >= 4 is 6.03 Å². The lowest BCUT2D eigenvalue weighted by molar-refractivity contribution is 0.192. The summed E-state index contributed by atoms with van der Waals surface area (Å²) >= 11 is 0. The molecular weight excluding hydrogens is 290 g/mol. The molecular formula is C18H23N3O2. The smallest absolute Gasteiger partial charge is 0.318 e. The Bertz CT molecular complexity index is 666. The Hall–Kier alpha value is -2.30. The highest BCUT2D eigenvalue weighted by molar-refractivity contribution is 5.75. The van der Waals surface area contributed by atoms with Crippen molar-refractivity contribution in [2.75, 3.05) is 6.54 Å². The Morgan fingerprint density at radius 2 is 2.17 bits per heavy atom. The van der Waals surface area contributed by atoms with E-state index in [-0.39, 0.29) is 12.1 Å². The molecule has 0 saturated carbocycles. The zero-order valence-electron chi connectivity index (χ0n) is 13.7. The number of likely N-dealkylation sites (tertiary alicyclic amines) is 1. The molecule has 5 heteroatoms. The van der Waals surface area contributed by atoms with Gasteiger partial charge >= 0.3 is 6.03 Å². The fourth-order valence-electron chi connectivity index (χ4n) is 3.29. The van der Waals surface area contributed by atoms with Crippen molar-refractivity contribution in [1.82, 2.24) is 15.4 Å². The van der Waals surface area contributed by atoms with Crippen LogP contribution in [0.1, 0.15) is 48.4 Å². The van der Waals surface area contributed by atoms with Crippen LogP contribution in [0.4, 0.5) is 4.79 Å². The maximum Gasteiger partial charge on any atom is 0.318 e. The molecule has 5 nitrogen and oxygen atoms in total. The quantitative estimate of drug-likeness (QED) is 0.938. The topological polar surface area (TPSA) is 58.4 Å². The molecule has 2 amide bonds. The standard InChI is InChI=1S/C18H23N3O2/c1-3-16-17(13(2)20-23-16)15-10-7-11-21(15)18(22)19-12-14-8-5-4-6-9-14/h4-6,8-9,15H,3,7,10-12H2,1-2H3,(H,19,22). The number of nitrogens with zero attached hydrogens (tertiary/aromatic N) is 2. The minimum Gasteiger partial charge on any atom is -0.361 e. The molecule has 2 heterocycles. The van der Waals surface area contributed by atoms with E-state index < -0.39 is 0 Å². The average molecular weight is 313 g/mol. The number of nitrogens with one attached hydrogen (secondary N) is 1. The van der Waals surface area contributed by atoms with Crippen LogP contribution in [-0.2, 0) is 13.0 Å². The zero-order chi connectivity index (χ0) is 16.2. The lowest BCUT2D eigenvalue weighted by Gasteiger charge is -2.25. The number of benzene rings is 1. The predicted molar refractivity (Wildman–Crippen MR) is 88.0 cm³/mol. The molecule has 1 fully saturated rings. The summed E-state index contributed by atoms with van der Waals surface area (Å²) in [6, 6.07) is 10.0. The van der Waals surface area contributed by atoms with E-state index in [9.17, 15) is 4.79 Å². The van der Waals surface area contributed by atoms with Crippen LogP contribution in [-0.4, -0.2) is 22.6 Å². The molecule has 2 aromatic rings. The van der Waals surface area contributed by atoms with E-state index in [0.29, 0.717) is 6.54 Å². The van der Waals surface area contributed by atoms with Crippen molar-refractivity contribution in [3.63, 3.8) is 0 Å². The van der Waals surface area contributed by atoms with E-state index >= 15 is 0 Å². The number of aromatic nitrogens is 1. The lowest BCUT2D eigenvalue weighted by atomic mass is 10.0. The van der Waals surface area contributed by atoms with Crippen LogP contribution >= 0.6 is 0 Å². The van der Waals surface area contributed by atoms with Gasteiger partial charge in [0.1, 0.15) is 5.76 Å². The Morgan fingerprint density at radius 1 is 1.39 bits per heavy atom. The van der Waals surface area contributed by atoms with Crippen molar-refractivity contribution in [3.8, 4) is 0 Å². The van der Waals surface area contributed by atoms with Gasteiger partial charge in [-0.1, -0.05) is 42.4 Å². The van der Waals surface area contributed by atoms with Crippen LogP contribution < -0.4 is 5.32 Å². The van der Waals surface area contributed by atoms with E-state index in [1.807, 2.05) is 42.2 Å². The summed E-state index contributed by atoms with van der Waals surface area (Å²) < 4.78 is 5.41. The molecule has 23 heavy (non-hydrogen) atoms. The van der Waals surface area contributed by atoms with Gasteiger partial charge in [-0.3, -0.25) is 0 Å². The third-order valence-electron chi connectivity index (χ3n) is 4.44. The largest absolute Gasteiger partial charge is 0.361 e. The summed E-state index contributed by atoms with van der Waals surface area (Å²) in [6.07, 6.45) is 2.77. The van der Waals surface area contributed by atoms with Crippen LogP contribution in [0.25, 0.3) is 0 Å². The zero-order valence-corrected chi connectivity index (χ0v) is 13.7. The highest BCUT2D eigenvalue weighted by Crippen LogP contribution is 2.35. The minimum absolute atomic E-state index is 0.0148. The summed E-state index contributed by atoms with van der Waals surface area (Å²) in [5, 5.41) is 7.11. The van der Waals surface area contributed by atoms with Crippen molar-refractivity contribution in [3.05, 3.63) is 52.9 Å². The van der Waals surface area contributed by atoms with Crippen molar-refractivity contribution in [2.24, 2.45) is 0 Å². The number of carbonyl (C=O) groups is 1. The second kappa shape index (κ2) is 6.86. The van der Waals surface area contributed by atoms with Gasteiger partial charge in [0.25, 0.3) is 0 Å². The second-order valence-corrected chi connectivity index (χ2v) is 5.95. The average Bonchev–Trinajstić information content (AvgIpc) is 3.19. The number of urea groups is 1. The van der Waals surface area contributed by atoms with E-state index in [2.05, 4.69) is 17.4 Å². The number of hydrogen-bond acceptors (Lipinski definition) is 3. The Kier molecular flexibility index (Phi) is 4.65. The van der Waals surface area contributed by atoms with E-state index in [1.54, 1.807) is 0 Å². The second-order valence-electron chi connectivity index (χ2n) is 5.95. The van der Waals surface area contributed by atoms with Gasteiger partial charge in [0.2, 0.25) is 0 Å². The van der Waals surface area contributed by atoms with Gasteiger partial charge in [-0.15, -0.1) is 0 Å². The number of rotatable bonds is 4. The van der Waals surface area contributed by atoms with Crippen LogP contribution in [0.5, 0.6) is 0 Å². The minimum atomic E-state index is -0.0148. The first-order chi connectivity index (χ1) is 11.2. The molecule has 1 N–H and O–H groups in total. The molecule has 3 rings (SSSR count). The van der Waals surface area contributed by atoms with Crippen LogP contribution in [0.2, 0.25) is 0 Å². The summed E-state index contributed by atoms with van der Waals surface area (Å²) in [4.78, 5) is 14.5. The molecule has 1 atom stereocenters. The van der Waals surface area contributed by atoms with Crippen molar-refractivity contribution in [2.45, 2.75) is 45.7 Å². The summed E-state index contributed by atoms with van der Waals surface area (Å²) in [7, 11) is 0. The Balaban J connectivity index is 1.71. The molecule has 122 valence electrons. The van der Waals surface area contributed by atoms with Gasteiger partial charge in [-0.05, 0) is 25.3 Å². The molecule has 1 aliphatic heterocycles. The first-order valence-corrected chi connectivity index (χ1v) is 8.24. The van der Waals surface area contributed by atoms with Crippen molar-refractivity contribution in [1.29, 1.82) is 0 Å². The van der Waals surface area contributed by atoms with Gasteiger partial charge in [0, 0.05) is 25.1 Å². The van der Waals surface area contributed by atoms with Gasteiger partial charge in [-0.25, -0.2) is 4.79 Å². The first-order valence-electron chi connectivity index (χ1n) is 8.24. The third kappa shape index (κ3) is 3.23. The van der Waals surface area contributed by atoms with E-state index in [4.69, 9.17) is 4.52 Å². The predicted octanol–water partition coefficient (Wildman–Crippen LogP) is 3.59. The summed E-state index contributed by atoms with van der Waals surface area (Å²) in [5.41, 5.74) is 3.10. The molecule has 1 aromatic carbocycles. The summed E-state index contributed by atoms with van der Waals surface area (Å²) in [5.74, 6) is 0.898. The molecule has 0 radical (unpaired) electrons. The van der Waals surface area contributed by atoms with Crippen LogP contribution in [0.3, 0.4) is 0 Å². The molecule has 1 aromatic heterocycles. The molecule has 0 bridgehead atoms. The maximum absolute atomic E-state index is 12.6. The Morgan fingerprint density at radius 3 is 2.91 bits per heavy atom. The highest BCUT2D eigenvalue weighted by Gasteiger charge is 2.34. The van der Waals surface area contributed by atoms with Gasteiger partial charge < -0.3 is 14.7 Å². The fraction of sp³-hybridized carbons (Fsp3) is 0.444. The van der Waals surface area contributed by atoms with Gasteiger partial charge in [0.15, 0.2) is 0 Å². The van der Waals surface area contributed by atoms with Gasteiger partial charge in [0.05, 0.1) is 11.7 Å². The number of amides is 2. The van der Waals surface area contributed by atoms with E-state index in [1.165, 1.54) is 0 Å². The molecule has 0 aliphatic carbocycles. The maximum atomic E-state index is 12.6. The molecule has 1 unspecified atom stereocenters. The van der Waals surface area contributed by atoms with Gasteiger partial charge in [-0.2, -0.15) is 0 Å². The normalized spacial score (nSPS) is 17.5. The number of carbonyl (C=O) groups excluding carboxylic acids is 1. The number of hydrogen-bond donors (Lipinski definition) is 1. The number of aryl methyl sites for hydroxylation is 2. The molecule has 0 spiro atoms. The van der Waals surface area contributed by atoms with Crippen molar-refractivity contribution < 1.29 is 9.32 Å². The fourth-order valence-corrected chi connectivity index (χ4v) is 3.29. The van der Waals surface area contributed by atoms with Crippen LogP contribution in [0, 0.1) is 6.92 Å². The lowest BCUT2D eigenvalue weighted by Crippen LogP contribution is -2.39. The first kappa shape index (κ1) is 15.6. The summed E-state index contributed by atoms with van der Waals surface area (Å²) in [6.45, 7) is 5.33. The SMILES string of the molecule is CCc1onc(C)c1C1CCCN1C(=O)NCc1ccccc1.